The fraction of sp³-hybridized carbons (Fsp3) is 0.529. The van der Waals surface area contributed by atoms with Gasteiger partial charge in [0.2, 0.25) is 5.91 Å². The van der Waals surface area contributed by atoms with Crippen LogP contribution < -0.4 is 5.32 Å². The molecular formula is C17H18F4N2O2. The van der Waals surface area contributed by atoms with E-state index in [2.05, 4.69) is 5.32 Å². The normalized spacial score (nSPS) is 23.7. The van der Waals surface area contributed by atoms with Gasteiger partial charge in [0.05, 0.1) is 18.2 Å². The van der Waals surface area contributed by atoms with Crippen LogP contribution in [0.25, 0.3) is 0 Å². The van der Waals surface area contributed by atoms with Crippen molar-refractivity contribution in [3.63, 3.8) is 0 Å². The zero-order valence-corrected chi connectivity index (χ0v) is 13.4. The van der Waals surface area contributed by atoms with Crippen molar-refractivity contribution in [2.24, 2.45) is 5.92 Å². The highest BCUT2D eigenvalue weighted by molar-refractivity contribution is 5.98. The maximum absolute atomic E-state index is 13.7. The van der Waals surface area contributed by atoms with E-state index in [1.54, 1.807) is 0 Å². The van der Waals surface area contributed by atoms with Crippen molar-refractivity contribution in [1.29, 1.82) is 0 Å². The van der Waals surface area contributed by atoms with Crippen molar-refractivity contribution in [2.45, 2.75) is 31.2 Å². The fourth-order valence-corrected chi connectivity index (χ4v) is 3.38. The second-order valence-electron chi connectivity index (χ2n) is 6.58. The third-order valence-electron chi connectivity index (χ3n) is 4.78. The van der Waals surface area contributed by atoms with Crippen LogP contribution in [0.15, 0.2) is 18.2 Å². The van der Waals surface area contributed by atoms with Gasteiger partial charge in [-0.05, 0) is 31.0 Å². The van der Waals surface area contributed by atoms with Gasteiger partial charge in [0.1, 0.15) is 11.6 Å². The zero-order chi connectivity index (χ0) is 18.2. The van der Waals surface area contributed by atoms with Crippen molar-refractivity contribution in [3.05, 3.63) is 35.4 Å². The van der Waals surface area contributed by atoms with Crippen molar-refractivity contribution in [3.8, 4) is 0 Å². The van der Waals surface area contributed by atoms with Crippen molar-refractivity contribution < 1.29 is 27.2 Å². The average molecular weight is 358 g/mol. The SMILES string of the molecule is O=C(c1cc(F)ccc1F)C1CCN(C(=O)C2CC(F)(F)CN2)CC1. The Morgan fingerprint density at radius 1 is 1.16 bits per heavy atom. The topological polar surface area (TPSA) is 49.4 Å². The number of hydrogen-bond donors (Lipinski definition) is 1. The molecule has 0 spiro atoms. The molecule has 2 heterocycles. The molecule has 136 valence electrons. The van der Waals surface area contributed by atoms with Gasteiger partial charge in [-0.2, -0.15) is 0 Å². The fourth-order valence-electron chi connectivity index (χ4n) is 3.38. The number of nitrogens with zero attached hydrogens (tertiary/aromatic N) is 1. The van der Waals surface area contributed by atoms with Crippen LogP contribution in [-0.4, -0.2) is 48.2 Å². The summed E-state index contributed by atoms with van der Waals surface area (Å²) in [5.74, 6) is -5.76. The summed E-state index contributed by atoms with van der Waals surface area (Å²) < 4.78 is 53.4. The number of carbonyl (C=O) groups excluding carboxylic acids is 2. The Morgan fingerprint density at radius 2 is 1.84 bits per heavy atom. The Morgan fingerprint density at radius 3 is 2.44 bits per heavy atom. The second-order valence-corrected chi connectivity index (χ2v) is 6.58. The summed E-state index contributed by atoms with van der Waals surface area (Å²) in [7, 11) is 0. The van der Waals surface area contributed by atoms with E-state index in [0.29, 0.717) is 12.8 Å². The van der Waals surface area contributed by atoms with Gasteiger partial charge in [-0.3, -0.25) is 14.9 Å². The Labute approximate surface area is 142 Å². The molecule has 1 unspecified atom stereocenters. The number of piperidine rings is 1. The monoisotopic (exact) mass is 358 g/mol. The first-order valence-electron chi connectivity index (χ1n) is 8.16. The molecule has 8 heteroatoms. The lowest BCUT2D eigenvalue weighted by molar-refractivity contribution is -0.135. The summed E-state index contributed by atoms with van der Waals surface area (Å²) in [5.41, 5.74) is -0.290. The minimum atomic E-state index is -2.89. The lowest BCUT2D eigenvalue weighted by atomic mass is 9.88. The molecule has 0 radical (unpaired) electrons. The number of amides is 1. The molecule has 2 aliphatic heterocycles. The number of benzene rings is 1. The summed E-state index contributed by atoms with van der Waals surface area (Å²) in [6.07, 6.45) is 0.0620. The maximum Gasteiger partial charge on any atom is 0.262 e. The van der Waals surface area contributed by atoms with E-state index in [1.807, 2.05) is 0 Å². The molecule has 2 saturated heterocycles. The van der Waals surface area contributed by atoms with Crippen LogP contribution in [0.3, 0.4) is 0 Å². The lowest BCUT2D eigenvalue weighted by Gasteiger charge is -2.33. The van der Waals surface area contributed by atoms with Crippen LogP contribution in [0, 0.1) is 17.6 Å². The Hall–Kier alpha value is -1.96. The number of halogens is 4. The molecule has 25 heavy (non-hydrogen) atoms. The molecule has 1 aromatic carbocycles. The van der Waals surface area contributed by atoms with Gasteiger partial charge in [-0.15, -0.1) is 0 Å². The Balaban J connectivity index is 1.59. The Kier molecular flexibility index (Phi) is 4.81. The van der Waals surface area contributed by atoms with Crippen LogP contribution in [0.2, 0.25) is 0 Å². The first kappa shape index (κ1) is 17.8. The molecule has 1 N–H and O–H groups in total. The van der Waals surface area contributed by atoms with Crippen LogP contribution in [0.4, 0.5) is 17.6 Å². The van der Waals surface area contributed by atoms with E-state index in [0.717, 1.165) is 18.2 Å². The quantitative estimate of drug-likeness (QED) is 0.667. The van der Waals surface area contributed by atoms with Crippen molar-refractivity contribution in [2.75, 3.05) is 19.6 Å². The third-order valence-corrected chi connectivity index (χ3v) is 4.78. The number of ketones is 1. The predicted octanol–water partition coefficient (Wildman–Crippen LogP) is 2.38. The molecule has 4 nitrogen and oxygen atoms in total. The largest absolute Gasteiger partial charge is 0.341 e. The highest BCUT2D eigenvalue weighted by atomic mass is 19.3. The lowest BCUT2D eigenvalue weighted by Crippen LogP contribution is -2.47. The van der Waals surface area contributed by atoms with Gasteiger partial charge >= 0.3 is 0 Å². The number of likely N-dealkylation sites (tertiary alicyclic amines) is 1. The first-order valence-corrected chi connectivity index (χ1v) is 8.16. The molecule has 2 fully saturated rings. The number of alkyl halides is 2. The predicted molar refractivity (Wildman–Crippen MR) is 81.3 cm³/mol. The number of carbonyl (C=O) groups is 2. The minimum Gasteiger partial charge on any atom is -0.341 e. The van der Waals surface area contributed by atoms with E-state index in [4.69, 9.17) is 0 Å². The molecule has 1 atom stereocenters. The van der Waals surface area contributed by atoms with E-state index in [1.165, 1.54) is 4.90 Å². The maximum atomic E-state index is 13.7. The van der Waals surface area contributed by atoms with Crippen molar-refractivity contribution in [1.82, 2.24) is 10.2 Å². The number of nitrogens with one attached hydrogen (secondary N) is 1. The molecule has 3 rings (SSSR count). The zero-order valence-electron chi connectivity index (χ0n) is 13.4. The van der Waals surface area contributed by atoms with Crippen LogP contribution in [0.1, 0.15) is 29.6 Å². The molecule has 1 aromatic rings. The third kappa shape index (κ3) is 3.84. The number of rotatable bonds is 3. The molecule has 0 aliphatic carbocycles. The van der Waals surface area contributed by atoms with E-state index in [-0.39, 0.29) is 18.7 Å². The van der Waals surface area contributed by atoms with Gasteiger partial charge in [-0.1, -0.05) is 0 Å². The van der Waals surface area contributed by atoms with Gasteiger partial charge in [0, 0.05) is 25.4 Å². The second kappa shape index (κ2) is 6.74. The molecule has 0 bridgehead atoms. The summed E-state index contributed by atoms with van der Waals surface area (Å²) in [5, 5.41) is 2.52. The van der Waals surface area contributed by atoms with Gasteiger partial charge in [0.15, 0.2) is 5.78 Å². The van der Waals surface area contributed by atoms with Crippen LogP contribution >= 0.6 is 0 Å². The molecule has 1 amide bonds. The van der Waals surface area contributed by atoms with Crippen LogP contribution in [0.5, 0.6) is 0 Å². The molecule has 2 aliphatic rings. The minimum absolute atomic E-state index is 0.232. The van der Waals surface area contributed by atoms with Gasteiger partial charge in [-0.25, -0.2) is 17.6 Å². The summed E-state index contributed by atoms with van der Waals surface area (Å²) in [4.78, 5) is 26.1. The number of hydrogen-bond acceptors (Lipinski definition) is 3. The highest BCUT2D eigenvalue weighted by Gasteiger charge is 2.44. The molecular weight excluding hydrogens is 340 g/mol. The summed E-state index contributed by atoms with van der Waals surface area (Å²) in [6.45, 7) is -0.0525. The van der Waals surface area contributed by atoms with Crippen LogP contribution in [-0.2, 0) is 4.79 Å². The standard InChI is InChI=1S/C17H18F4N2O2/c18-11-1-2-13(19)12(7-11)15(24)10-3-5-23(6-4-10)16(25)14-8-17(20,21)9-22-14/h1-2,7,10,14,22H,3-6,8-9H2. The summed E-state index contributed by atoms with van der Waals surface area (Å²) >= 11 is 0. The summed E-state index contributed by atoms with van der Waals surface area (Å²) in [6, 6.07) is 1.81. The van der Waals surface area contributed by atoms with Gasteiger partial charge in [0.25, 0.3) is 5.92 Å². The van der Waals surface area contributed by atoms with E-state index in [9.17, 15) is 27.2 Å². The highest BCUT2D eigenvalue weighted by Crippen LogP contribution is 2.28. The Bertz CT molecular complexity index is 687. The first-order chi connectivity index (χ1) is 11.8. The molecule has 0 saturated carbocycles. The van der Waals surface area contributed by atoms with Gasteiger partial charge < -0.3 is 4.90 Å². The van der Waals surface area contributed by atoms with Crippen molar-refractivity contribution >= 4 is 11.7 Å². The smallest absolute Gasteiger partial charge is 0.262 e. The average Bonchev–Trinajstić information content (AvgIpc) is 2.96. The van der Waals surface area contributed by atoms with E-state index >= 15 is 0 Å². The van der Waals surface area contributed by atoms with E-state index < -0.39 is 54.2 Å². The molecule has 0 aromatic heterocycles. The number of Topliss-reactive ketones (excluding diaryl/α,β-unsaturated/α-hetero) is 1.